The number of nitrogens with zero attached hydrogens (tertiary/aromatic N) is 2. The fourth-order valence-electron chi connectivity index (χ4n) is 2.16. The van der Waals surface area contributed by atoms with E-state index in [-0.39, 0.29) is 5.91 Å². The van der Waals surface area contributed by atoms with Crippen molar-refractivity contribution < 1.29 is 4.79 Å². The quantitative estimate of drug-likeness (QED) is 0.549. The summed E-state index contributed by atoms with van der Waals surface area (Å²) in [6.07, 6.45) is 5.41. The molecule has 23 heavy (non-hydrogen) atoms. The Bertz CT molecular complexity index is 824. The number of halogens is 1. The summed E-state index contributed by atoms with van der Waals surface area (Å²) in [5.41, 5.74) is 4.86. The molecule has 5 heteroatoms. The molecular weight excluding hydrogens is 354 g/mol. The normalized spacial score (nSPS) is 10.8. The molecule has 1 amide bonds. The van der Waals surface area contributed by atoms with Crippen LogP contribution in [0.3, 0.4) is 0 Å². The molecule has 0 bridgehead atoms. The van der Waals surface area contributed by atoms with E-state index in [2.05, 4.69) is 26.5 Å². The Morgan fingerprint density at radius 1 is 1.00 bits per heavy atom. The number of nitrogens with one attached hydrogen (secondary N) is 1. The number of carbonyl (C=O) groups is 1. The van der Waals surface area contributed by atoms with Gasteiger partial charge in [0.1, 0.15) is 0 Å². The number of rotatable bonds is 4. The predicted molar refractivity (Wildman–Crippen MR) is 95.0 cm³/mol. The molecule has 0 radical (unpaired) electrons. The molecular formula is C18H14BrN3O. The van der Waals surface area contributed by atoms with Crippen LogP contribution >= 0.6 is 15.9 Å². The van der Waals surface area contributed by atoms with Gasteiger partial charge in [0.05, 0.1) is 17.5 Å². The first kappa shape index (κ1) is 15.2. The fraction of sp³-hybridized carbons (Fsp3) is 0. The van der Waals surface area contributed by atoms with Gasteiger partial charge >= 0.3 is 0 Å². The molecule has 0 spiro atoms. The number of aromatic nitrogens is 1. The van der Waals surface area contributed by atoms with E-state index < -0.39 is 0 Å². The maximum absolute atomic E-state index is 12.4. The molecule has 0 saturated heterocycles. The average molecular weight is 368 g/mol. The van der Waals surface area contributed by atoms with Crippen molar-refractivity contribution in [1.29, 1.82) is 0 Å². The largest absolute Gasteiger partial charge is 0.323 e. The van der Waals surface area contributed by atoms with E-state index in [0.717, 1.165) is 15.7 Å². The summed E-state index contributed by atoms with van der Waals surface area (Å²) in [5.74, 6) is -0.248. The van der Waals surface area contributed by atoms with Gasteiger partial charge in [-0.05, 0) is 42.0 Å². The van der Waals surface area contributed by atoms with Crippen molar-refractivity contribution in [2.24, 2.45) is 5.10 Å². The standard InChI is InChI=1S/C18H14BrN3O/c19-15-9-7-14(8-10-15)13-20-21-18(23)16-5-1-2-6-17(16)22-11-3-4-12-22/h1-13H,(H,21,23)/b20-13+. The van der Waals surface area contributed by atoms with Crippen LogP contribution in [0, 0.1) is 0 Å². The highest BCUT2D eigenvalue weighted by Crippen LogP contribution is 2.14. The Balaban J connectivity index is 1.75. The van der Waals surface area contributed by atoms with Crippen molar-refractivity contribution in [3.05, 3.63) is 88.7 Å². The third-order valence-electron chi connectivity index (χ3n) is 3.28. The number of carbonyl (C=O) groups excluding carboxylic acids is 1. The van der Waals surface area contributed by atoms with Crippen LogP contribution < -0.4 is 5.43 Å². The first-order valence-electron chi connectivity index (χ1n) is 7.05. The number of amides is 1. The third kappa shape index (κ3) is 3.76. The van der Waals surface area contributed by atoms with Crippen LogP contribution in [-0.2, 0) is 0 Å². The number of benzene rings is 2. The van der Waals surface area contributed by atoms with Crippen LogP contribution in [0.5, 0.6) is 0 Å². The first-order valence-corrected chi connectivity index (χ1v) is 7.85. The fourth-order valence-corrected chi connectivity index (χ4v) is 2.42. The van der Waals surface area contributed by atoms with Crippen LogP contribution in [0.1, 0.15) is 15.9 Å². The Morgan fingerprint density at radius 2 is 1.70 bits per heavy atom. The lowest BCUT2D eigenvalue weighted by Gasteiger charge is -2.08. The minimum Gasteiger partial charge on any atom is -0.323 e. The molecule has 2 aromatic carbocycles. The van der Waals surface area contributed by atoms with Crippen LogP contribution in [0.15, 0.2) is 82.6 Å². The molecule has 114 valence electrons. The summed E-state index contributed by atoms with van der Waals surface area (Å²) in [5, 5.41) is 4.02. The lowest BCUT2D eigenvalue weighted by atomic mass is 10.1. The predicted octanol–water partition coefficient (Wildman–Crippen LogP) is 4.00. The summed E-state index contributed by atoms with van der Waals surface area (Å²) in [7, 11) is 0. The lowest BCUT2D eigenvalue weighted by molar-refractivity contribution is 0.0955. The molecule has 0 aliphatic heterocycles. The number of hydrazone groups is 1. The molecule has 4 nitrogen and oxygen atoms in total. The highest BCUT2D eigenvalue weighted by atomic mass is 79.9. The Labute approximate surface area is 142 Å². The van der Waals surface area contributed by atoms with Gasteiger partial charge in [-0.1, -0.05) is 40.2 Å². The van der Waals surface area contributed by atoms with Gasteiger partial charge in [-0.3, -0.25) is 4.79 Å². The maximum atomic E-state index is 12.4. The second-order valence-corrected chi connectivity index (χ2v) is 5.77. The van der Waals surface area contributed by atoms with E-state index in [0.29, 0.717) is 5.56 Å². The van der Waals surface area contributed by atoms with Gasteiger partial charge in [0.2, 0.25) is 0 Å². The molecule has 0 fully saturated rings. The highest BCUT2D eigenvalue weighted by Gasteiger charge is 2.10. The first-order chi connectivity index (χ1) is 11.2. The van der Waals surface area contributed by atoms with Gasteiger partial charge in [0.25, 0.3) is 5.91 Å². The van der Waals surface area contributed by atoms with E-state index in [1.807, 2.05) is 71.6 Å². The average Bonchev–Trinajstić information content (AvgIpc) is 3.11. The van der Waals surface area contributed by atoms with Crippen molar-refractivity contribution in [2.45, 2.75) is 0 Å². The summed E-state index contributed by atoms with van der Waals surface area (Å²) in [6, 6.07) is 18.9. The molecule has 0 aliphatic rings. The van der Waals surface area contributed by atoms with Gasteiger partial charge < -0.3 is 4.57 Å². The lowest BCUT2D eigenvalue weighted by Crippen LogP contribution is -2.19. The van der Waals surface area contributed by atoms with Crippen molar-refractivity contribution in [2.75, 3.05) is 0 Å². The van der Waals surface area contributed by atoms with Gasteiger partial charge in [-0.25, -0.2) is 5.43 Å². The van der Waals surface area contributed by atoms with E-state index in [1.54, 1.807) is 12.3 Å². The van der Waals surface area contributed by atoms with E-state index in [4.69, 9.17) is 0 Å². The minimum absolute atomic E-state index is 0.248. The number of para-hydroxylation sites is 1. The molecule has 0 unspecified atom stereocenters. The van der Waals surface area contributed by atoms with E-state index in [9.17, 15) is 4.79 Å². The zero-order valence-electron chi connectivity index (χ0n) is 12.2. The Morgan fingerprint density at radius 3 is 2.43 bits per heavy atom. The maximum Gasteiger partial charge on any atom is 0.273 e. The number of hydrogen-bond donors (Lipinski definition) is 1. The summed E-state index contributed by atoms with van der Waals surface area (Å²) in [4.78, 5) is 12.4. The minimum atomic E-state index is -0.248. The van der Waals surface area contributed by atoms with Crippen molar-refractivity contribution in [3.8, 4) is 5.69 Å². The molecule has 3 aromatic rings. The Hall–Kier alpha value is -2.66. The zero-order valence-corrected chi connectivity index (χ0v) is 13.8. The second-order valence-electron chi connectivity index (χ2n) is 4.86. The highest BCUT2D eigenvalue weighted by molar-refractivity contribution is 9.10. The van der Waals surface area contributed by atoms with Crippen LogP contribution in [0.4, 0.5) is 0 Å². The zero-order chi connectivity index (χ0) is 16.1. The van der Waals surface area contributed by atoms with E-state index >= 15 is 0 Å². The summed E-state index contributed by atoms with van der Waals surface area (Å²) >= 11 is 3.38. The van der Waals surface area contributed by atoms with Gasteiger partial charge in [0.15, 0.2) is 0 Å². The SMILES string of the molecule is O=C(N/N=C/c1ccc(Br)cc1)c1ccccc1-n1cccc1. The van der Waals surface area contributed by atoms with E-state index in [1.165, 1.54) is 0 Å². The van der Waals surface area contributed by atoms with Crippen molar-refractivity contribution in [1.82, 2.24) is 9.99 Å². The second kappa shape index (κ2) is 7.07. The molecule has 1 heterocycles. The topological polar surface area (TPSA) is 46.4 Å². The van der Waals surface area contributed by atoms with Crippen molar-refractivity contribution >= 4 is 28.1 Å². The smallest absolute Gasteiger partial charge is 0.273 e. The number of hydrogen-bond acceptors (Lipinski definition) is 2. The van der Waals surface area contributed by atoms with Gasteiger partial charge in [-0.15, -0.1) is 0 Å². The molecule has 0 aliphatic carbocycles. The Kier molecular flexibility index (Phi) is 4.68. The van der Waals surface area contributed by atoms with Crippen LogP contribution in [-0.4, -0.2) is 16.7 Å². The van der Waals surface area contributed by atoms with Crippen LogP contribution in [0.25, 0.3) is 5.69 Å². The van der Waals surface area contributed by atoms with Crippen molar-refractivity contribution in [3.63, 3.8) is 0 Å². The monoisotopic (exact) mass is 367 g/mol. The molecule has 0 atom stereocenters. The molecule has 3 rings (SSSR count). The summed E-state index contributed by atoms with van der Waals surface area (Å²) < 4.78 is 2.90. The molecule has 1 aromatic heterocycles. The molecule has 1 N–H and O–H groups in total. The third-order valence-corrected chi connectivity index (χ3v) is 3.81. The molecule has 0 saturated carbocycles. The van der Waals surface area contributed by atoms with Gasteiger partial charge in [-0.2, -0.15) is 5.10 Å². The van der Waals surface area contributed by atoms with Crippen LogP contribution in [0.2, 0.25) is 0 Å². The summed E-state index contributed by atoms with van der Waals surface area (Å²) in [6.45, 7) is 0. The van der Waals surface area contributed by atoms with Gasteiger partial charge in [0, 0.05) is 16.9 Å².